The van der Waals surface area contributed by atoms with Gasteiger partial charge in [-0.25, -0.2) is 0 Å². The molecule has 0 spiro atoms. The molecule has 1 aromatic carbocycles. The molecule has 2 aliphatic rings. The number of rotatable bonds is 4. The van der Waals surface area contributed by atoms with Crippen molar-refractivity contribution in [2.75, 3.05) is 19.7 Å². The fraction of sp³-hybridized carbons (Fsp3) is 0.562. The van der Waals surface area contributed by atoms with E-state index >= 15 is 0 Å². The number of benzene rings is 1. The fourth-order valence-electron chi connectivity index (χ4n) is 3.32. The van der Waals surface area contributed by atoms with E-state index in [4.69, 9.17) is 9.84 Å². The number of carboxylic acids is 1. The molecule has 20 heavy (non-hydrogen) atoms. The van der Waals surface area contributed by atoms with Gasteiger partial charge in [0.2, 0.25) is 0 Å². The summed E-state index contributed by atoms with van der Waals surface area (Å²) in [5.41, 5.74) is 2.63. The zero-order valence-electron chi connectivity index (χ0n) is 11.8. The number of aliphatic carboxylic acids is 1. The molecule has 4 heteroatoms. The van der Waals surface area contributed by atoms with E-state index in [9.17, 15) is 4.79 Å². The summed E-state index contributed by atoms with van der Waals surface area (Å²) in [7, 11) is 0. The maximum atomic E-state index is 11.1. The molecular formula is C16H21NO3. The van der Waals surface area contributed by atoms with Gasteiger partial charge in [0.25, 0.3) is 0 Å². The number of likely N-dealkylation sites (tertiary alicyclic amines) is 1. The van der Waals surface area contributed by atoms with E-state index in [1.807, 2.05) is 6.92 Å². The predicted octanol–water partition coefficient (Wildman–Crippen LogP) is 1.96. The van der Waals surface area contributed by atoms with E-state index in [-0.39, 0.29) is 12.0 Å². The Kier molecular flexibility index (Phi) is 3.66. The number of carboxylic acid groups (broad SMARTS) is 1. The van der Waals surface area contributed by atoms with Gasteiger partial charge in [0.05, 0.1) is 12.5 Å². The molecule has 1 fully saturated rings. The molecule has 3 rings (SSSR count). The molecule has 2 aliphatic heterocycles. The molecule has 1 saturated heterocycles. The average molecular weight is 275 g/mol. The number of hydrogen-bond acceptors (Lipinski definition) is 3. The number of hydrogen-bond donors (Lipinski definition) is 1. The van der Waals surface area contributed by atoms with E-state index in [0.29, 0.717) is 0 Å². The normalized spacial score (nSPS) is 25.4. The molecule has 2 heterocycles. The quantitative estimate of drug-likeness (QED) is 0.912. The number of fused-ring (bicyclic) bond motifs is 1. The lowest BCUT2D eigenvalue weighted by Crippen LogP contribution is -2.34. The molecule has 0 amide bonds. The highest BCUT2D eigenvalue weighted by Gasteiger charge is 2.35. The fourth-order valence-corrected chi connectivity index (χ4v) is 3.32. The summed E-state index contributed by atoms with van der Waals surface area (Å²) in [5.74, 6) is 0.160. The smallest absolute Gasteiger partial charge is 0.308 e. The van der Waals surface area contributed by atoms with Crippen LogP contribution >= 0.6 is 0 Å². The van der Waals surface area contributed by atoms with Crippen molar-refractivity contribution in [2.45, 2.75) is 32.2 Å². The Bertz CT molecular complexity index is 514. The van der Waals surface area contributed by atoms with Crippen molar-refractivity contribution in [3.63, 3.8) is 0 Å². The molecule has 1 N–H and O–H groups in total. The van der Waals surface area contributed by atoms with Gasteiger partial charge in [-0.15, -0.1) is 0 Å². The first kappa shape index (κ1) is 13.4. The molecule has 0 radical (unpaired) electrons. The van der Waals surface area contributed by atoms with Crippen LogP contribution in [0.5, 0.6) is 5.75 Å². The third-order valence-electron chi connectivity index (χ3n) is 4.64. The van der Waals surface area contributed by atoms with Crippen molar-refractivity contribution in [1.82, 2.24) is 4.90 Å². The van der Waals surface area contributed by atoms with Gasteiger partial charge in [-0.3, -0.25) is 9.69 Å². The van der Waals surface area contributed by atoms with Crippen molar-refractivity contribution < 1.29 is 14.6 Å². The van der Waals surface area contributed by atoms with Crippen LogP contribution in [0.15, 0.2) is 18.2 Å². The topological polar surface area (TPSA) is 49.8 Å². The first-order chi connectivity index (χ1) is 9.65. The predicted molar refractivity (Wildman–Crippen MR) is 76.1 cm³/mol. The molecule has 108 valence electrons. The molecular weight excluding hydrogens is 254 g/mol. The minimum absolute atomic E-state index is 0.144. The van der Waals surface area contributed by atoms with E-state index in [1.54, 1.807) is 0 Å². The zero-order chi connectivity index (χ0) is 14.1. The van der Waals surface area contributed by atoms with E-state index in [0.717, 1.165) is 44.7 Å². The second kappa shape index (κ2) is 5.44. The largest absolute Gasteiger partial charge is 0.493 e. The Morgan fingerprint density at radius 2 is 2.35 bits per heavy atom. The van der Waals surface area contributed by atoms with Crippen molar-refractivity contribution in [3.8, 4) is 5.75 Å². The lowest BCUT2D eigenvalue weighted by Gasteiger charge is -2.22. The van der Waals surface area contributed by atoms with Crippen LogP contribution in [0, 0.1) is 5.92 Å². The highest BCUT2D eigenvalue weighted by atomic mass is 16.5. The van der Waals surface area contributed by atoms with Crippen LogP contribution in [0.1, 0.15) is 24.5 Å². The van der Waals surface area contributed by atoms with Crippen molar-refractivity contribution in [2.24, 2.45) is 5.92 Å². The van der Waals surface area contributed by atoms with Crippen molar-refractivity contribution in [1.29, 1.82) is 0 Å². The van der Waals surface area contributed by atoms with Gasteiger partial charge in [0.15, 0.2) is 0 Å². The maximum absolute atomic E-state index is 11.1. The van der Waals surface area contributed by atoms with Crippen molar-refractivity contribution >= 4 is 5.97 Å². The molecule has 0 bridgehead atoms. The number of carbonyl (C=O) groups is 1. The van der Waals surface area contributed by atoms with Gasteiger partial charge in [0.1, 0.15) is 5.75 Å². The Hall–Kier alpha value is -1.55. The molecule has 1 aromatic rings. The molecule has 2 atom stereocenters. The van der Waals surface area contributed by atoms with Gasteiger partial charge in [-0.05, 0) is 43.5 Å². The minimum Gasteiger partial charge on any atom is -0.493 e. The molecule has 4 nitrogen and oxygen atoms in total. The standard InChI is InChI=1S/C16H21NO3/c1-11-14(16(18)19)5-8-17(11)7-4-12-2-3-15-13(10-12)6-9-20-15/h2-3,10-11,14H,4-9H2,1H3,(H,18,19). The van der Waals surface area contributed by atoms with Crippen LogP contribution < -0.4 is 4.74 Å². The number of ether oxygens (including phenoxy) is 1. The summed E-state index contributed by atoms with van der Waals surface area (Å²) in [4.78, 5) is 13.4. The lowest BCUT2D eigenvalue weighted by atomic mass is 10.0. The number of nitrogens with zero attached hydrogens (tertiary/aromatic N) is 1. The second-order valence-corrected chi connectivity index (χ2v) is 5.80. The summed E-state index contributed by atoms with van der Waals surface area (Å²) in [5, 5.41) is 9.15. The SMILES string of the molecule is CC1C(C(=O)O)CCN1CCc1ccc2c(c1)CCO2. The molecule has 0 aromatic heterocycles. The highest BCUT2D eigenvalue weighted by molar-refractivity contribution is 5.71. The van der Waals surface area contributed by atoms with E-state index in [2.05, 4.69) is 23.1 Å². The summed E-state index contributed by atoms with van der Waals surface area (Å²) >= 11 is 0. The summed E-state index contributed by atoms with van der Waals surface area (Å²) in [6, 6.07) is 6.56. The van der Waals surface area contributed by atoms with Gasteiger partial charge in [-0.2, -0.15) is 0 Å². The minimum atomic E-state index is -0.658. The third-order valence-corrected chi connectivity index (χ3v) is 4.64. The summed E-state index contributed by atoms with van der Waals surface area (Å²) in [6.07, 6.45) is 2.75. The van der Waals surface area contributed by atoms with Crippen molar-refractivity contribution in [3.05, 3.63) is 29.3 Å². The second-order valence-electron chi connectivity index (χ2n) is 5.80. The van der Waals surface area contributed by atoms with E-state index in [1.165, 1.54) is 11.1 Å². The van der Waals surface area contributed by atoms with Crippen LogP contribution in [0.2, 0.25) is 0 Å². The Morgan fingerprint density at radius 1 is 1.50 bits per heavy atom. The average Bonchev–Trinajstić information content (AvgIpc) is 3.02. The van der Waals surface area contributed by atoms with Gasteiger partial charge < -0.3 is 9.84 Å². The molecule has 0 aliphatic carbocycles. The zero-order valence-corrected chi connectivity index (χ0v) is 11.8. The summed E-state index contributed by atoms with van der Waals surface area (Å²) < 4.78 is 5.51. The molecule has 2 unspecified atom stereocenters. The summed E-state index contributed by atoms with van der Waals surface area (Å²) in [6.45, 7) is 4.65. The van der Waals surface area contributed by atoms with E-state index < -0.39 is 5.97 Å². The van der Waals surface area contributed by atoms with Gasteiger partial charge in [0, 0.05) is 19.0 Å². The lowest BCUT2D eigenvalue weighted by molar-refractivity contribution is -0.142. The van der Waals surface area contributed by atoms with Crippen LogP contribution in [0.3, 0.4) is 0 Å². The van der Waals surface area contributed by atoms with Crippen LogP contribution in [-0.2, 0) is 17.6 Å². The molecule has 0 saturated carbocycles. The Morgan fingerprint density at radius 3 is 3.10 bits per heavy atom. The van der Waals surface area contributed by atoms with Crippen LogP contribution in [0.25, 0.3) is 0 Å². The van der Waals surface area contributed by atoms with Crippen LogP contribution in [-0.4, -0.2) is 41.7 Å². The first-order valence-electron chi connectivity index (χ1n) is 7.36. The third kappa shape index (κ3) is 2.52. The Labute approximate surface area is 119 Å². The monoisotopic (exact) mass is 275 g/mol. The van der Waals surface area contributed by atoms with Gasteiger partial charge in [-0.1, -0.05) is 12.1 Å². The maximum Gasteiger partial charge on any atom is 0.308 e. The Balaban J connectivity index is 1.59. The van der Waals surface area contributed by atoms with Gasteiger partial charge >= 0.3 is 5.97 Å². The van der Waals surface area contributed by atoms with Crippen LogP contribution in [0.4, 0.5) is 0 Å². The highest BCUT2D eigenvalue weighted by Crippen LogP contribution is 2.27. The first-order valence-corrected chi connectivity index (χ1v) is 7.36.